The molecule has 0 unspecified atom stereocenters. The summed E-state index contributed by atoms with van der Waals surface area (Å²) in [6, 6.07) is 4.87. The van der Waals surface area contributed by atoms with Gasteiger partial charge in [-0.1, -0.05) is 18.7 Å². The molecule has 0 bridgehead atoms. The fourth-order valence-electron chi connectivity index (χ4n) is 2.62. The highest BCUT2D eigenvalue weighted by molar-refractivity contribution is 5.87. The van der Waals surface area contributed by atoms with Gasteiger partial charge in [0.15, 0.2) is 0 Å². The zero-order valence-corrected chi connectivity index (χ0v) is 11.8. The highest BCUT2D eigenvalue weighted by Crippen LogP contribution is 2.43. The van der Waals surface area contributed by atoms with Crippen molar-refractivity contribution < 1.29 is 22.7 Å². The maximum atomic E-state index is 12.6. The molecule has 1 aromatic rings. The minimum Gasteiger partial charge on any atom is -0.451 e. The summed E-state index contributed by atoms with van der Waals surface area (Å²) in [4.78, 5) is 11.8. The molecule has 114 valence electrons. The van der Waals surface area contributed by atoms with Gasteiger partial charge >= 0.3 is 12.1 Å². The molecule has 21 heavy (non-hydrogen) atoms. The van der Waals surface area contributed by atoms with Gasteiger partial charge in [0, 0.05) is 5.57 Å². The van der Waals surface area contributed by atoms with Gasteiger partial charge in [-0.05, 0) is 50.3 Å². The predicted molar refractivity (Wildman–Crippen MR) is 72.5 cm³/mol. The van der Waals surface area contributed by atoms with Gasteiger partial charge in [0.1, 0.15) is 5.60 Å². The van der Waals surface area contributed by atoms with Crippen molar-refractivity contribution in [1.82, 2.24) is 0 Å². The zero-order chi connectivity index (χ0) is 15.7. The molecule has 0 atom stereocenters. The number of carbonyl (C=O) groups is 1. The van der Waals surface area contributed by atoms with Crippen molar-refractivity contribution in [2.45, 2.75) is 44.4 Å². The summed E-state index contributed by atoms with van der Waals surface area (Å²) in [5, 5.41) is 0. The van der Waals surface area contributed by atoms with Gasteiger partial charge in [0.25, 0.3) is 0 Å². The fourth-order valence-corrected chi connectivity index (χ4v) is 2.62. The molecule has 0 spiro atoms. The van der Waals surface area contributed by atoms with E-state index in [9.17, 15) is 18.0 Å². The number of alkyl halides is 3. The van der Waals surface area contributed by atoms with Crippen LogP contribution in [0.4, 0.5) is 13.2 Å². The molecule has 1 fully saturated rings. The van der Waals surface area contributed by atoms with E-state index >= 15 is 0 Å². The monoisotopic (exact) mass is 298 g/mol. The van der Waals surface area contributed by atoms with Crippen molar-refractivity contribution in [3.63, 3.8) is 0 Å². The molecule has 0 saturated heterocycles. The normalized spacial score (nSPS) is 17.5. The van der Waals surface area contributed by atoms with Crippen LogP contribution in [-0.4, -0.2) is 5.97 Å². The molecule has 0 aliphatic heterocycles. The fraction of sp³-hybridized carbons (Fsp3) is 0.438. The Bertz CT molecular complexity index is 538. The minimum absolute atomic E-state index is 0.285. The highest BCUT2D eigenvalue weighted by atomic mass is 19.4. The molecule has 1 aliphatic carbocycles. The first-order valence-corrected chi connectivity index (χ1v) is 6.81. The third kappa shape index (κ3) is 3.28. The molecule has 2 rings (SSSR count). The molecular formula is C16H17F3O2. The first-order valence-electron chi connectivity index (χ1n) is 6.81. The van der Waals surface area contributed by atoms with Gasteiger partial charge in [0.05, 0.1) is 5.56 Å². The van der Waals surface area contributed by atoms with E-state index in [1.807, 2.05) is 0 Å². The number of carbonyl (C=O) groups excluding carboxylic acids is 1. The van der Waals surface area contributed by atoms with Gasteiger partial charge in [0.2, 0.25) is 0 Å². The summed E-state index contributed by atoms with van der Waals surface area (Å²) in [6.45, 7) is 5.10. The predicted octanol–water partition coefficient (Wildman–Crippen LogP) is 4.59. The molecule has 0 aromatic heterocycles. The Morgan fingerprint density at radius 3 is 2.14 bits per heavy atom. The first-order chi connectivity index (χ1) is 9.74. The third-order valence-electron chi connectivity index (χ3n) is 3.79. The van der Waals surface area contributed by atoms with Crippen molar-refractivity contribution >= 4 is 5.97 Å². The number of benzene rings is 1. The minimum atomic E-state index is -4.37. The van der Waals surface area contributed by atoms with Crippen LogP contribution in [0.1, 0.15) is 43.7 Å². The Morgan fingerprint density at radius 1 is 1.19 bits per heavy atom. The Kier molecular flexibility index (Phi) is 4.12. The lowest BCUT2D eigenvalue weighted by molar-refractivity contribution is -0.155. The van der Waals surface area contributed by atoms with E-state index in [4.69, 9.17) is 4.74 Å². The standard InChI is InChI=1S/C16H17F3O2/c1-11(2)14(20)21-15(9-3-4-10-15)12-5-7-13(8-6-12)16(17,18)19/h5-8H,1,3-4,9-10H2,2H3. The Hall–Kier alpha value is -1.78. The summed E-state index contributed by atoms with van der Waals surface area (Å²) in [5.74, 6) is -0.503. The highest BCUT2D eigenvalue weighted by Gasteiger charge is 2.40. The number of rotatable bonds is 3. The molecule has 5 heteroatoms. The van der Waals surface area contributed by atoms with Crippen molar-refractivity contribution in [3.8, 4) is 0 Å². The molecule has 0 radical (unpaired) electrons. The van der Waals surface area contributed by atoms with Crippen LogP contribution in [0.5, 0.6) is 0 Å². The van der Waals surface area contributed by atoms with Crippen molar-refractivity contribution in [2.75, 3.05) is 0 Å². The number of hydrogen-bond donors (Lipinski definition) is 0. The van der Waals surface area contributed by atoms with E-state index in [0.29, 0.717) is 18.4 Å². The molecule has 1 aliphatic rings. The lowest BCUT2D eigenvalue weighted by Gasteiger charge is -2.30. The Labute approximate surface area is 121 Å². The van der Waals surface area contributed by atoms with Gasteiger partial charge in [-0.25, -0.2) is 4.79 Å². The Morgan fingerprint density at radius 2 is 1.71 bits per heavy atom. The van der Waals surface area contributed by atoms with Gasteiger partial charge in [-0.15, -0.1) is 0 Å². The van der Waals surface area contributed by atoms with Gasteiger partial charge in [-0.2, -0.15) is 13.2 Å². The maximum Gasteiger partial charge on any atom is 0.416 e. The van der Waals surface area contributed by atoms with E-state index < -0.39 is 23.3 Å². The molecule has 2 nitrogen and oxygen atoms in total. The molecule has 1 aromatic carbocycles. The quantitative estimate of drug-likeness (QED) is 0.602. The molecule has 0 N–H and O–H groups in total. The first kappa shape index (κ1) is 15.6. The van der Waals surface area contributed by atoms with E-state index in [-0.39, 0.29) is 5.57 Å². The van der Waals surface area contributed by atoms with Crippen molar-refractivity contribution in [3.05, 3.63) is 47.5 Å². The summed E-state index contributed by atoms with van der Waals surface area (Å²) in [7, 11) is 0. The summed E-state index contributed by atoms with van der Waals surface area (Å²) < 4.78 is 43.4. The molecule has 1 saturated carbocycles. The average Bonchev–Trinajstić information content (AvgIpc) is 2.87. The van der Waals surface area contributed by atoms with E-state index in [2.05, 4.69) is 6.58 Å². The topological polar surface area (TPSA) is 26.3 Å². The second kappa shape index (κ2) is 5.54. The molecule has 0 heterocycles. The van der Waals surface area contributed by atoms with Crippen LogP contribution >= 0.6 is 0 Å². The molecule has 0 amide bonds. The molecular weight excluding hydrogens is 281 g/mol. The van der Waals surface area contributed by atoms with E-state index in [1.54, 1.807) is 6.92 Å². The smallest absolute Gasteiger partial charge is 0.416 e. The SMILES string of the molecule is C=C(C)C(=O)OC1(c2ccc(C(F)(F)F)cc2)CCCC1. The lowest BCUT2D eigenvalue weighted by Crippen LogP contribution is -2.29. The Balaban J connectivity index is 2.30. The summed E-state index contributed by atoms with van der Waals surface area (Å²) in [6.07, 6.45) is -1.36. The van der Waals surface area contributed by atoms with Crippen LogP contribution in [0.3, 0.4) is 0 Å². The largest absolute Gasteiger partial charge is 0.451 e. The van der Waals surface area contributed by atoms with Crippen molar-refractivity contribution in [2.24, 2.45) is 0 Å². The van der Waals surface area contributed by atoms with Crippen LogP contribution in [0.2, 0.25) is 0 Å². The van der Waals surface area contributed by atoms with Gasteiger partial charge < -0.3 is 4.74 Å². The number of hydrogen-bond acceptors (Lipinski definition) is 2. The van der Waals surface area contributed by atoms with Crippen LogP contribution in [0.15, 0.2) is 36.4 Å². The number of esters is 1. The summed E-state index contributed by atoms with van der Waals surface area (Å²) >= 11 is 0. The van der Waals surface area contributed by atoms with Crippen molar-refractivity contribution in [1.29, 1.82) is 0 Å². The van der Waals surface area contributed by atoms with Crippen LogP contribution in [-0.2, 0) is 21.3 Å². The number of halogens is 3. The van der Waals surface area contributed by atoms with Crippen LogP contribution < -0.4 is 0 Å². The average molecular weight is 298 g/mol. The van der Waals surface area contributed by atoms with Crippen LogP contribution in [0.25, 0.3) is 0 Å². The zero-order valence-electron chi connectivity index (χ0n) is 11.8. The lowest BCUT2D eigenvalue weighted by atomic mass is 9.91. The second-order valence-corrected chi connectivity index (χ2v) is 5.45. The van der Waals surface area contributed by atoms with E-state index in [1.165, 1.54) is 12.1 Å². The summed E-state index contributed by atoms with van der Waals surface area (Å²) in [5.41, 5.74) is -0.624. The number of ether oxygens (including phenoxy) is 1. The second-order valence-electron chi connectivity index (χ2n) is 5.45. The van der Waals surface area contributed by atoms with Crippen LogP contribution in [0, 0.1) is 0 Å². The third-order valence-corrected chi connectivity index (χ3v) is 3.79. The van der Waals surface area contributed by atoms with E-state index in [0.717, 1.165) is 25.0 Å². The van der Waals surface area contributed by atoms with Gasteiger partial charge in [-0.3, -0.25) is 0 Å². The maximum absolute atomic E-state index is 12.6.